The van der Waals surface area contributed by atoms with Crippen molar-refractivity contribution in [2.45, 2.75) is 0 Å². The van der Waals surface area contributed by atoms with E-state index in [1.54, 1.807) is 0 Å². The SMILES string of the molecule is C[NH-].[CH3-].[Y].[Y].[Y].[Y].[Y].[Y]. The molecule has 6 radical (unpaired) electrons. The standard InChI is InChI=1S/CH4N.CH3.6Y/c1-2;;;;;;;/h2H,1H3;1H3;;;;;;/q2*-1;;;;;;. The third-order valence-corrected chi connectivity index (χ3v) is 0. The average Bonchev–Trinajstić information content (AvgIpc) is 1.00. The van der Waals surface area contributed by atoms with Gasteiger partial charge in [-0.3, -0.25) is 0 Å². The van der Waals surface area contributed by atoms with Crippen molar-refractivity contribution < 1.29 is 196 Å². The molecule has 0 unspecified atom stereocenters. The number of hydrogen-bond acceptors (Lipinski definition) is 0. The quantitative estimate of drug-likeness (QED) is 0.385. The van der Waals surface area contributed by atoms with E-state index in [1.165, 1.54) is 7.05 Å². The van der Waals surface area contributed by atoms with Crippen LogP contribution in [-0.4, -0.2) is 7.05 Å². The molecule has 9 heavy (non-hydrogen) atoms. The third kappa shape index (κ3) is 53.3. The molecule has 1 nitrogen and oxygen atoms in total. The molecule has 40 valence electrons. The Labute approximate surface area is 210 Å². The second-order valence-electron chi connectivity index (χ2n) is 0. The van der Waals surface area contributed by atoms with Crippen molar-refractivity contribution in [2.24, 2.45) is 0 Å². The summed E-state index contributed by atoms with van der Waals surface area (Å²) in [5.74, 6) is 0. The molecular formula is C2H7NY6-2. The van der Waals surface area contributed by atoms with E-state index in [1.807, 2.05) is 0 Å². The molecule has 0 heterocycles. The van der Waals surface area contributed by atoms with Crippen molar-refractivity contribution in [3.63, 3.8) is 0 Å². The van der Waals surface area contributed by atoms with E-state index in [4.69, 9.17) is 5.73 Å². The van der Waals surface area contributed by atoms with Gasteiger partial charge in [0.05, 0.1) is 0 Å². The van der Waals surface area contributed by atoms with Crippen LogP contribution in [-0.2, 0) is 196 Å². The molecule has 0 spiro atoms. The van der Waals surface area contributed by atoms with Crippen LogP contribution in [0.25, 0.3) is 5.73 Å². The van der Waals surface area contributed by atoms with Crippen LogP contribution >= 0.6 is 0 Å². The zero-order valence-electron chi connectivity index (χ0n) is 5.96. The van der Waals surface area contributed by atoms with Crippen LogP contribution in [0.3, 0.4) is 0 Å². The molecule has 0 aromatic carbocycles. The predicted octanol–water partition coefficient (Wildman–Crippen LogP) is 1.10. The summed E-state index contributed by atoms with van der Waals surface area (Å²) in [5, 5.41) is 0. The topological polar surface area (TPSA) is 23.8 Å². The van der Waals surface area contributed by atoms with Gasteiger partial charge >= 0.3 is 0 Å². The van der Waals surface area contributed by atoms with Crippen molar-refractivity contribution in [1.29, 1.82) is 0 Å². The monoisotopic (exact) mass is 578 g/mol. The third-order valence-electron chi connectivity index (χ3n) is 0. The molecule has 0 aliphatic carbocycles. The van der Waals surface area contributed by atoms with Gasteiger partial charge in [0, 0.05) is 196 Å². The van der Waals surface area contributed by atoms with E-state index in [-0.39, 0.29) is 204 Å². The molecule has 0 aliphatic heterocycles. The summed E-state index contributed by atoms with van der Waals surface area (Å²) in [5.41, 5.74) is 5.75. The van der Waals surface area contributed by atoms with Gasteiger partial charge in [-0.05, 0) is 0 Å². The summed E-state index contributed by atoms with van der Waals surface area (Å²) < 4.78 is 0. The Morgan fingerprint density at radius 2 is 0.556 bits per heavy atom. The van der Waals surface area contributed by atoms with Crippen LogP contribution in [0.1, 0.15) is 0 Å². The van der Waals surface area contributed by atoms with Gasteiger partial charge in [0.2, 0.25) is 0 Å². The van der Waals surface area contributed by atoms with E-state index in [0.29, 0.717) is 0 Å². The minimum atomic E-state index is 0. The molecule has 0 saturated carbocycles. The molecule has 0 aromatic heterocycles. The van der Waals surface area contributed by atoms with Crippen molar-refractivity contribution in [3.05, 3.63) is 13.2 Å². The van der Waals surface area contributed by atoms with Gasteiger partial charge in [0.25, 0.3) is 0 Å². The minimum Gasteiger partial charge on any atom is -0.680 e. The summed E-state index contributed by atoms with van der Waals surface area (Å²) in [6.07, 6.45) is 0. The van der Waals surface area contributed by atoms with E-state index < -0.39 is 0 Å². The first-order valence-electron chi connectivity index (χ1n) is 0.500. The Morgan fingerprint density at radius 3 is 0.556 bits per heavy atom. The van der Waals surface area contributed by atoms with Crippen molar-refractivity contribution in [3.8, 4) is 0 Å². The maximum Gasteiger partial charge on any atom is 0 e. The van der Waals surface area contributed by atoms with Crippen molar-refractivity contribution in [2.75, 3.05) is 7.05 Å². The Morgan fingerprint density at radius 1 is 0.556 bits per heavy atom. The first kappa shape index (κ1) is 57.6. The Bertz CT molecular complexity index is 11.0. The molecule has 0 saturated heterocycles. The van der Waals surface area contributed by atoms with Crippen LogP contribution in [0, 0.1) is 7.43 Å². The second kappa shape index (κ2) is 62.1. The molecule has 0 aromatic rings. The van der Waals surface area contributed by atoms with Gasteiger partial charge in [-0.2, -0.15) is 7.05 Å². The molecular weight excluding hydrogens is 571 g/mol. The predicted molar refractivity (Wildman–Crippen MR) is 16.7 cm³/mol. The van der Waals surface area contributed by atoms with Gasteiger partial charge in [-0.15, -0.1) is 0 Å². The first-order valence-corrected chi connectivity index (χ1v) is 0.500. The summed E-state index contributed by atoms with van der Waals surface area (Å²) in [4.78, 5) is 0. The van der Waals surface area contributed by atoms with Crippen LogP contribution in [0.2, 0.25) is 0 Å². The zero-order valence-corrected chi connectivity index (χ0v) is 23.0. The van der Waals surface area contributed by atoms with Crippen molar-refractivity contribution in [1.82, 2.24) is 0 Å². The smallest absolute Gasteiger partial charge is 0 e. The molecule has 0 amide bonds. The maximum absolute atomic E-state index is 5.75. The fourth-order valence-electron chi connectivity index (χ4n) is 0. The van der Waals surface area contributed by atoms with Gasteiger partial charge in [-0.25, -0.2) is 0 Å². The fraction of sp³-hybridized carbons (Fsp3) is 0.500. The molecule has 0 aliphatic rings. The molecule has 1 N–H and O–H groups in total. The summed E-state index contributed by atoms with van der Waals surface area (Å²) in [6.45, 7) is 0. The van der Waals surface area contributed by atoms with Crippen molar-refractivity contribution >= 4 is 0 Å². The zero-order chi connectivity index (χ0) is 2.00. The van der Waals surface area contributed by atoms with Crippen LogP contribution in [0.4, 0.5) is 0 Å². The van der Waals surface area contributed by atoms with Gasteiger partial charge in [0.1, 0.15) is 0 Å². The molecule has 0 fully saturated rings. The molecule has 0 bridgehead atoms. The number of nitrogens with one attached hydrogen (secondary N) is 1. The Balaban J connectivity index is -0.000000000238. The summed E-state index contributed by atoms with van der Waals surface area (Å²) in [6, 6.07) is 0. The minimum absolute atomic E-state index is 0. The summed E-state index contributed by atoms with van der Waals surface area (Å²) >= 11 is 0. The van der Waals surface area contributed by atoms with Gasteiger partial charge in [-0.1, -0.05) is 0 Å². The van der Waals surface area contributed by atoms with Gasteiger partial charge in [0.15, 0.2) is 0 Å². The number of hydrogen-bond donors (Lipinski definition) is 0. The largest absolute Gasteiger partial charge is 0.680 e. The van der Waals surface area contributed by atoms with Crippen LogP contribution in [0.5, 0.6) is 0 Å². The van der Waals surface area contributed by atoms with E-state index in [0.717, 1.165) is 0 Å². The second-order valence-corrected chi connectivity index (χ2v) is 0. The molecule has 7 heteroatoms. The average molecular weight is 579 g/mol. The van der Waals surface area contributed by atoms with Crippen LogP contribution in [0.15, 0.2) is 0 Å². The first-order chi connectivity index (χ1) is 1.00. The van der Waals surface area contributed by atoms with E-state index >= 15 is 0 Å². The Kier molecular flexibility index (Phi) is 398. The Hall–Kier alpha value is 6.58. The maximum atomic E-state index is 5.75. The number of rotatable bonds is 0. The normalized spacial score (nSPS) is 0.667. The van der Waals surface area contributed by atoms with E-state index in [2.05, 4.69) is 0 Å². The van der Waals surface area contributed by atoms with E-state index in [9.17, 15) is 0 Å². The molecule has 0 atom stereocenters. The molecule has 0 rings (SSSR count). The van der Waals surface area contributed by atoms with Gasteiger partial charge < -0.3 is 13.2 Å². The fourth-order valence-corrected chi connectivity index (χ4v) is 0. The van der Waals surface area contributed by atoms with Crippen LogP contribution < -0.4 is 0 Å². The summed E-state index contributed by atoms with van der Waals surface area (Å²) in [7, 11) is 1.25.